The number of hydrogen-bond acceptors (Lipinski definition) is 2. The molecule has 0 saturated carbocycles. The topological polar surface area (TPSA) is 25.8 Å². The predicted octanol–water partition coefficient (Wildman–Crippen LogP) is 4.45. The second-order valence-corrected chi connectivity index (χ2v) is 4.85. The van der Waals surface area contributed by atoms with Crippen LogP contribution in [0.1, 0.15) is 31.0 Å². The van der Waals surface area contributed by atoms with Gasteiger partial charge in [0.2, 0.25) is 0 Å². The van der Waals surface area contributed by atoms with Gasteiger partial charge in [-0.05, 0) is 43.5 Å². The lowest BCUT2D eigenvalue weighted by molar-refractivity contribution is 0.795. The van der Waals surface area contributed by atoms with Crippen molar-refractivity contribution < 1.29 is 0 Å². The van der Waals surface area contributed by atoms with Crippen LogP contribution in [0.2, 0.25) is 5.02 Å². The van der Waals surface area contributed by atoms with Gasteiger partial charge in [-0.25, -0.2) is 9.97 Å². The monoisotopic (exact) mass is 260 g/mol. The minimum absolute atomic E-state index is 0.696. The summed E-state index contributed by atoms with van der Waals surface area (Å²) in [7, 11) is 0. The average Bonchev–Trinajstić information content (AvgIpc) is 2.36. The first-order valence-electron chi connectivity index (χ1n) is 6.29. The lowest BCUT2D eigenvalue weighted by atomic mass is 10.1. The van der Waals surface area contributed by atoms with Gasteiger partial charge in [0, 0.05) is 17.5 Å². The minimum atomic E-state index is 0.696. The number of unbranched alkanes of at least 4 members (excludes halogenated alkanes) is 1. The lowest BCUT2D eigenvalue weighted by Gasteiger charge is -2.06. The first-order chi connectivity index (χ1) is 8.70. The van der Waals surface area contributed by atoms with E-state index in [0.717, 1.165) is 22.7 Å². The van der Waals surface area contributed by atoms with Gasteiger partial charge in [0.05, 0.1) is 5.02 Å². The minimum Gasteiger partial charge on any atom is -0.237 e. The number of halogens is 1. The molecule has 0 unspecified atom stereocenters. The molecule has 1 aromatic carbocycles. The highest BCUT2D eigenvalue weighted by atomic mass is 35.5. The van der Waals surface area contributed by atoms with Crippen molar-refractivity contribution >= 4 is 11.6 Å². The average molecular weight is 261 g/mol. The molecule has 2 nitrogen and oxygen atoms in total. The molecule has 3 heteroatoms. The van der Waals surface area contributed by atoms with Crippen LogP contribution in [-0.4, -0.2) is 9.97 Å². The number of hydrogen-bond donors (Lipinski definition) is 0. The molecule has 2 rings (SSSR count). The third-order valence-corrected chi connectivity index (χ3v) is 3.20. The molecular formula is C15H17ClN2. The first-order valence-corrected chi connectivity index (χ1v) is 6.67. The van der Waals surface area contributed by atoms with Gasteiger partial charge in [0.15, 0.2) is 5.82 Å². The highest BCUT2D eigenvalue weighted by Gasteiger charge is 2.07. The van der Waals surface area contributed by atoms with Crippen molar-refractivity contribution in [2.75, 3.05) is 0 Å². The van der Waals surface area contributed by atoms with Crippen LogP contribution in [0, 0.1) is 6.92 Å². The van der Waals surface area contributed by atoms with E-state index in [1.54, 1.807) is 6.20 Å². The van der Waals surface area contributed by atoms with E-state index in [0.29, 0.717) is 5.82 Å². The summed E-state index contributed by atoms with van der Waals surface area (Å²) in [5, 5.41) is 0.731. The van der Waals surface area contributed by atoms with Crippen LogP contribution in [0.4, 0.5) is 0 Å². The van der Waals surface area contributed by atoms with E-state index >= 15 is 0 Å². The zero-order valence-electron chi connectivity index (χ0n) is 10.8. The van der Waals surface area contributed by atoms with Gasteiger partial charge in [0.25, 0.3) is 0 Å². The smallest absolute Gasteiger partial charge is 0.160 e. The zero-order chi connectivity index (χ0) is 13.0. The Morgan fingerprint density at radius 3 is 2.72 bits per heavy atom. The van der Waals surface area contributed by atoms with Crippen molar-refractivity contribution in [3.63, 3.8) is 0 Å². The second-order valence-electron chi connectivity index (χ2n) is 4.44. The highest BCUT2D eigenvalue weighted by molar-refractivity contribution is 6.33. The van der Waals surface area contributed by atoms with Crippen LogP contribution >= 0.6 is 11.6 Å². The van der Waals surface area contributed by atoms with Crippen LogP contribution < -0.4 is 0 Å². The standard InChI is InChI=1S/C15H17ClN2/c1-3-4-5-12-6-7-13(14(16)10-12)15-17-9-8-11(2)18-15/h6-10H,3-5H2,1-2H3. The molecule has 0 aliphatic heterocycles. The van der Waals surface area contributed by atoms with E-state index in [2.05, 4.69) is 23.0 Å². The summed E-state index contributed by atoms with van der Waals surface area (Å²) in [6.45, 7) is 4.14. The molecule has 0 bridgehead atoms. The van der Waals surface area contributed by atoms with Gasteiger partial charge >= 0.3 is 0 Å². The number of aromatic nitrogens is 2. The van der Waals surface area contributed by atoms with Gasteiger partial charge in [-0.3, -0.25) is 0 Å². The van der Waals surface area contributed by atoms with Crippen LogP contribution in [-0.2, 0) is 6.42 Å². The number of nitrogens with zero attached hydrogens (tertiary/aromatic N) is 2. The maximum atomic E-state index is 6.32. The van der Waals surface area contributed by atoms with Crippen LogP contribution in [0.25, 0.3) is 11.4 Å². The van der Waals surface area contributed by atoms with Crippen LogP contribution in [0.3, 0.4) is 0 Å². The molecule has 0 N–H and O–H groups in total. The third kappa shape index (κ3) is 3.08. The van der Waals surface area contributed by atoms with E-state index in [-0.39, 0.29) is 0 Å². The molecular weight excluding hydrogens is 244 g/mol. The fourth-order valence-corrected chi connectivity index (χ4v) is 2.14. The molecule has 1 heterocycles. The number of benzene rings is 1. The first kappa shape index (κ1) is 13.0. The summed E-state index contributed by atoms with van der Waals surface area (Å²) in [6, 6.07) is 8.04. The Balaban J connectivity index is 2.29. The molecule has 0 spiro atoms. The summed E-state index contributed by atoms with van der Waals surface area (Å²) in [5.74, 6) is 0.696. The van der Waals surface area contributed by atoms with Crippen molar-refractivity contribution in [1.82, 2.24) is 9.97 Å². The summed E-state index contributed by atoms with van der Waals surface area (Å²) >= 11 is 6.32. The Kier molecular flexibility index (Phi) is 4.32. The molecule has 0 saturated heterocycles. The Bertz CT molecular complexity index is 538. The van der Waals surface area contributed by atoms with Crippen molar-refractivity contribution in [3.8, 4) is 11.4 Å². The summed E-state index contributed by atoms with van der Waals surface area (Å²) in [4.78, 5) is 8.67. The van der Waals surface area contributed by atoms with E-state index < -0.39 is 0 Å². The quantitative estimate of drug-likeness (QED) is 0.812. The molecule has 0 atom stereocenters. The Morgan fingerprint density at radius 2 is 2.06 bits per heavy atom. The van der Waals surface area contributed by atoms with Gasteiger partial charge in [-0.2, -0.15) is 0 Å². The molecule has 18 heavy (non-hydrogen) atoms. The second kappa shape index (κ2) is 5.96. The summed E-state index contributed by atoms with van der Waals surface area (Å²) in [6.07, 6.45) is 5.22. The molecule has 0 aliphatic rings. The van der Waals surface area contributed by atoms with Crippen molar-refractivity contribution in [2.24, 2.45) is 0 Å². The third-order valence-electron chi connectivity index (χ3n) is 2.89. The van der Waals surface area contributed by atoms with Gasteiger partial charge < -0.3 is 0 Å². The van der Waals surface area contributed by atoms with Gasteiger partial charge in [-0.1, -0.05) is 31.0 Å². The molecule has 1 aromatic heterocycles. The highest BCUT2D eigenvalue weighted by Crippen LogP contribution is 2.26. The van der Waals surface area contributed by atoms with Crippen LogP contribution in [0.15, 0.2) is 30.5 Å². The number of aryl methyl sites for hydroxylation is 2. The van der Waals surface area contributed by atoms with E-state index in [1.165, 1.54) is 18.4 Å². The predicted molar refractivity (Wildman–Crippen MR) is 75.8 cm³/mol. The molecule has 0 aliphatic carbocycles. The SMILES string of the molecule is CCCCc1ccc(-c2nccc(C)n2)c(Cl)c1. The van der Waals surface area contributed by atoms with Crippen molar-refractivity contribution in [1.29, 1.82) is 0 Å². The van der Waals surface area contributed by atoms with Gasteiger partial charge in [0.1, 0.15) is 0 Å². The number of rotatable bonds is 4. The normalized spacial score (nSPS) is 10.6. The van der Waals surface area contributed by atoms with Crippen molar-refractivity contribution in [3.05, 3.63) is 46.7 Å². The molecule has 94 valence electrons. The largest absolute Gasteiger partial charge is 0.237 e. The zero-order valence-corrected chi connectivity index (χ0v) is 11.5. The Hall–Kier alpha value is -1.41. The van der Waals surface area contributed by atoms with Gasteiger partial charge in [-0.15, -0.1) is 0 Å². The van der Waals surface area contributed by atoms with E-state index in [1.807, 2.05) is 25.1 Å². The fourth-order valence-electron chi connectivity index (χ4n) is 1.86. The molecule has 0 radical (unpaired) electrons. The van der Waals surface area contributed by atoms with Crippen molar-refractivity contribution in [2.45, 2.75) is 33.1 Å². The maximum Gasteiger partial charge on any atom is 0.160 e. The summed E-state index contributed by atoms with van der Waals surface area (Å²) < 4.78 is 0. The molecule has 0 amide bonds. The Labute approximate surface area is 113 Å². The molecule has 0 fully saturated rings. The molecule has 2 aromatic rings. The fraction of sp³-hybridized carbons (Fsp3) is 0.333. The van der Waals surface area contributed by atoms with Crippen LogP contribution in [0.5, 0.6) is 0 Å². The Morgan fingerprint density at radius 1 is 1.22 bits per heavy atom. The van der Waals surface area contributed by atoms with E-state index in [4.69, 9.17) is 11.6 Å². The maximum absolute atomic E-state index is 6.32. The summed E-state index contributed by atoms with van der Waals surface area (Å²) in [5.41, 5.74) is 3.13. The van der Waals surface area contributed by atoms with E-state index in [9.17, 15) is 0 Å². The lowest BCUT2D eigenvalue weighted by Crippen LogP contribution is -1.92.